The molecule has 1 saturated heterocycles. The molecule has 0 bridgehead atoms. The average Bonchev–Trinajstić information content (AvgIpc) is 2.83. The Balaban J connectivity index is 1.88. The van der Waals surface area contributed by atoms with E-state index < -0.39 is 12.6 Å². The van der Waals surface area contributed by atoms with Crippen molar-refractivity contribution in [2.75, 3.05) is 19.7 Å². The summed E-state index contributed by atoms with van der Waals surface area (Å²) in [6, 6.07) is 11.5. The number of carboxylic acids is 1. The Labute approximate surface area is 158 Å². The highest BCUT2D eigenvalue weighted by molar-refractivity contribution is 5.76. The van der Waals surface area contributed by atoms with Crippen LogP contribution in [0, 0.1) is 0 Å². The Bertz CT molecular complexity index is 810. The molecule has 2 aromatic rings. The van der Waals surface area contributed by atoms with E-state index in [1.165, 1.54) is 0 Å². The maximum atomic E-state index is 11.7. The molecule has 3 rings (SSSR count). The number of benzene rings is 1. The largest absolute Gasteiger partial charge is 0.482 e. The normalized spacial score (nSPS) is 17.8. The highest BCUT2D eigenvalue weighted by Crippen LogP contribution is 2.27. The number of aromatic nitrogens is 1. The molecule has 0 radical (unpaired) electrons. The molecule has 142 valence electrons. The van der Waals surface area contributed by atoms with Crippen molar-refractivity contribution < 1.29 is 19.4 Å². The summed E-state index contributed by atoms with van der Waals surface area (Å²) in [5.41, 5.74) is 2.65. The number of hydrogen-bond acceptors (Lipinski definition) is 5. The molecule has 1 aliphatic rings. The summed E-state index contributed by atoms with van der Waals surface area (Å²) in [6.07, 6.45) is 2.17. The Morgan fingerprint density at radius 1 is 1.37 bits per heavy atom. The van der Waals surface area contributed by atoms with Crippen molar-refractivity contribution in [3.05, 3.63) is 48.2 Å². The second-order valence-electron chi connectivity index (χ2n) is 6.59. The lowest BCUT2D eigenvalue weighted by molar-refractivity contribution is -0.139. The Kier molecular flexibility index (Phi) is 6.03. The van der Waals surface area contributed by atoms with Gasteiger partial charge in [-0.25, -0.2) is 4.79 Å². The summed E-state index contributed by atoms with van der Waals surface area (Å²) in [7, 11) is 0. The van der Waals surface area contributed by atoms with Gasteiger partial charge in [-0.3, -0.25) is 14.7 Å². The molecule has 1 fully saturated rings. The zero-order valence-electron chi connectivity index (χ0n) is 15.2. The van der Waals surface area contributed by atoms with Crippen LogP contribution in [-0.2, 0) is 16.1 Å². The number of ether oxygens (including phenoxy) is 1. The van der Waals surface area contributed by atoms with Gasteiger partial charge in [-0.1, -0.05) is 6.07 Å². The van der Waals surface area contributed by atoms with Crippen molar-refractivity contribution in [2.45, 2.75) is 25.9 Å². The molecule has 0 saturated carbocycles. The van der Waals surface area contributed by atoms with Crippen molar-refractivity contribution in [2.24, 2.45) is 0 Å². The average molecular weight is 369 g/mol. The van der Waals surface area contributed by atoms with Crippen LogP contribution in [0.25, 0.3) is 11.3 Å². The molecule has 0 spiro atoms. The second kappa shape index (κ2) is 8.64. The third-order valence-electron chi connectivity index (χ3n) is 4.59. The second-order valence-corrected chi connectivity index (χ2v) is 6.59. The van der Waals surface area contributed by atoms with Gasteiger partial charge < -0.3 is 15.2 Å². The molecular formula is C20H23N3O4. The topological polar surface area (TPSA) is 91.8 Å². The SMILES string of the molecule is C[C@@H]1CNC(=O)CCN1Cc1cc(-c2ccccn2)ccc1OCC(=O)O. The summed E-state index contributed by atoms with van der Waals surface area (Å²) >= 11 is 0. The maximum Gasteiger partial charge on any atom is 0.341 e. The van der Waals surface area contributed by atoms with Gasteiger partial charge >= 0.3 is 5.97 Å². The third kappa shape index (κ3) is 5.04. The number of pyridine rings is 1. The number of aliphatic carboxylic acids is 1. The molecule has 7 nitrogen and oxygen atoms in total. The fourth-order valence-corrected chi connectivity index (χ4v) is 3.07. The van der Waals surface area contributed by atoms with Gasteiger partial charge in [0.15, 0.2) is 6.61 Å². The van der Waals surface area contributed by atoms with E-state index in [2.05, 4.69) is 22.1 Å². The molecule has 1 amide bonds. The monoisotopic (exact) mass is 369 g/mol. The molecule has 27 heavy (non-hydrogen) atoms. The third-order valence-corrected chi connectivity index (χ3v) is 4.59. The summed E-state index contributed by atoms with van der Waals surface area (Å²) in [5.74, 6) is -0.436. The molecule has 1 aromatic carbocycles. The lowest BCUT2D eigenvalue weighted by Crippen LogP contribution is -2.37. The van der Waals surface area contributed by atoms with Crippen molar-refractivity contribution in [1.29, 1.82) is 0 Å². The number of carbonyl (C=O) groups is 2. The summed E-state index contributed by atoms with van der Waals surface area (Å²) in [4.78, 5) is 29.2. The van der Waals surface area contributed by atoms with Crippen LogP contribution in [0.3, 0.4) is 0 Å². The zero-order chi connectivity index (χ0) is 19.2. The number of amides is 1. The lowest BCUT2D eigenvalue weighted by Gasteiger charge is -2.27. The minimum Gasteiger partial charge on any atom is -0.482 e. The molecular weight excluding hydrogens is 346 g/mol. The zero-order valence-corrected chi connectivity index (χ0v) is 15.2. The van der Waals surface area contributed by atoms with Crippen LogP contribution in [0.15, 0.2) is 42.6 Å². The smallest absolute Gasteiger partial charge is 0.341 e. The van der Waals surface area contributed by atoms with E-state index in [9.17, 15) is 9.59 Å². The number of carboxylic acid groups (broad SMARTS) is 1. The predicted molar refractivity (Wildman–Crippen MR) is 100 cm³/mol. The van der Waals surface area contributed by atoms with Crippen LogP contribution in [0.4, 0.5) is 0 Å². The van der Waals surface area contributed by atoms with Gasteiger partial charge in [-0.15, -0.1) is 0 Å². The first-order valence-electron chi connectivity index (χ1n) is 8.92. The van der Waals surface area contributed by atoms with Crippen molar-refractivity contribution in [1.82, 2.24) is 15.2 Å². The Morgan fingerprint density at radius 2 is 2.22 bits per heavy atom. The molecule has 1 aromatic heterocycles. The van der Waals surface area contributed by atoms with Crippen LogP contribution >= 0.6 is 0 Å². The van der Waals surface area contributed by atoms with Crippen molar-refractivity contribution >= 4 is 11.9 Å². The van der Waals surface area contributed by atoms with Gasteiger partial charge in [0.25, 0.3) is 0 Å². The standard InChI is InChI=1S/C20H23N3O4/c1-14-11-22-19(24)7-9-23(14)12-16-10-15(17-4-2-3-8-21-17)5-6-18(16)27-13-20(25)26/h2-6,8,10,14H,7,9,11-13H2,1H3,(H,22,24)(H,25,26)/t14-/m1/s1. The van der Waals surface area contributed by atoms with E-state index in [0.717, 1.165) is 16.8 Å². The van der Waals surface area contributed by atoms with E-state index in [0.29, 0.717) is 31.8 Å². The minimum absolute atomic E-state index is 0.0499. The van der Waals surface area contributed by atoms with Crippen molar-refractivity contribution in [3.8, 4) is 17.0 Å². The fourth-order valence-electron chi connectivity index (χ4n) is 3.07. The van der Waals surface area contributed by atoms with Crippen LogP contribution in [0.5, 0.6) is 5.75 Å². The molecule has 0 unspecified atom stereocenters. The molecule has 2 heterocycles. The first kappa shape index (κ1) is 18.8. The Morgan fingerprint density at radius 3 is 2.96 bits per heavy atom. The first-order chi connectivity index (χ1) is 13.0. The molecule has 2 N–H and O–H groups in total. The van der Waals surface area contributed by atoms with Crippen LogP contribution in [0.2, 0.25) is 0 Å². The number of rotatable bonds is 6. The summed E-state index contributed by atoms with van der Waals surface area (Å²) in [6.45, 7) is 3.45. The van der Waals surface area contributed by atoms with E-state index in [1.807, 2.05) is 30.3 Å². The predicted octanol–water partition coefficient (Wildman–Crippen LogP) is 1.92. The quantitative estimate of drug-likeness (QED) is 0.808. The van der Waals surface area contributed by atoms with E-state index in [4.69, 9.17) is 9.84 Å². The Hall–Kier alpha value is -2.93. The molecule has 0 aliphatic carbocycles. The summed E-state index contributed by atoms with van der Waals surface area (Å²) < 4.78 is 5.49. The van der Waals surface area contributed by atoms with Gasteiger partial charge in [-0.05, 0) is 37.3 Å². The fraction of sp³-hybridized carbons (Fsp3) is 0.350. The number of hydrogen-bond donors (Lipinski definition) is 2. The molecule has 1 aliphatic heterocycles. The highest BCUT2D eigenvalue weighted by Gasteiger charge is 2.22. The van der Waals surface area contributed by atoms with Gasteiger partial charge in [-0.2, -0.15) is 0 Å². The van der Waals surface area contributed by atoms with Crippen LogP contribution in [0.1, 0.15) is 18.9 Å². The first-order valence-corrected chi connectivity index (χ1v) is 8.92. The van der Waals surface area contributed by atoms with Gasteiger partial charge in [0, 0.05) is 49.4 Å². The van der Waals surface area contributed by atoms with E-state index in [-0.39, 0.29) is 11.9 Å². The molecule has 1 atom stereocenters. The van der Waals surface area contributed by atoms with Crippen molar-refractivity contribution in [3.63, 3.8) is 0 Å². The van der Waals surface area contributed by atoms with Gasteiger partial charge in [0.05, 0.1) is 5.69 Å². The number of nitrogens with zero attached hydrogens (tertiary/aromatic N) is 2. The van der Waals surface area contributed by atoms with Crippen LogP contribution < -0.4 is 10.1 Å². The lowest BCUT2D eigenvalue weighted by atomic mass is 10.1. The van der Waals surface area contributed by atoms with Gasteiger partial charge in [0.1, 0.15) is 5.75 Å². The van der Waals surface area contributed by atoms with Gasteiger partial charge in [0.2, 0.25) is 5.91 Å². The van der Waals surface area contributed by atoms with Crippen LogP contribution in [-0.4, -0.2) is 52.6 Å². The number of nitrogens with one attached hydrogen (secondary N) is 1. The maximum absolute atomic E-state index is 11.7. The highest BCUT2D eigenvalue weighted by atomic mass is 16.5. The summed E-state index contributed by atoms with van der Waals surface area (Å²) in [5, 5.41) is 11.8. The molecule has 7 heteroatoms. The van der Waals surface area contributed by atoms with E-state index >= 15 is 0 Å². The van der Waals surface area contributed by atoms with E-state index in [1.54, 1.807) is 12.3 Å². The number of carbonyl (C=O) groups excluding carboxylic acids is 1. The minimum atomic E-state index is -1.02.